The van der Waals surface area contributed by atoms with E-state index < -0.39 is 0 Å². The van der Waals surface area contributed by atoms with Gasteiger partial charge in [-0.05, 0) is 51.3 Å². The third-order valence-electron chi connectivity index (χ3n) is 4.70. The third-order valence-corrected chi connectivity index (χ3v) is 4.70. The van der Waals surface area contributed by atoms with Gasteiger partial charge in [0.05, 0.1) is 11.6 Å². The fraction of sp³-hybridized carbons (Fsp3) is 0.364. The summed E-state index contributed by atoms with van der Waals surface area (Å²) in [6.07, 6.45) is 1.11. The van der Waals surface area contributed by atoms with E-state index in [4.69, 9.17) is 4.74 Å². The van der Waals surface area contributed by atoms with Crippen molar-refractivity contribution in [1.82, 2.24) is 10.2 Å². The fourth-order valence-corrected chi connectivity index (χ4v) is 3.25. The molecular weight excluding hydrogens is 354 g/mol. The fourth-order valence-electron chi connectivity index (χ4n) is 3.25. The van der Waals surface area contributed by atoms with Gasteiger partial charge in [0.25, 0.3) is 0 Å². The summed E-state index contributed by atoms with van der Waals surface area (Å²) >= 11 is 0. The second kappa shape index (κ2) is 9.37. The summed E-state index contributed by atoms with van der Waals surface area (Å²) in [5, 5.41) is 2.95. The molecule has 1 heterocycles. The van der Waals surface area contributed by atoms with Crippen molar-refractivity contribution < 1.29 is 14.3 Å². The summed E-state index contributed by atoms with van der Waals surface area (Å²) in [6.45, 7) is 1.91. The lowest BCUT2D eigenvalue weighted by atomic mass is 10.1. The predicted molar refractivity (Wildman–Crippen MR) is 110 cm³/mol. The lowest BCUT2D eigenvalue weighted by Gasteiger charge is -2.20. The van der Waals surface area contributed by atoms with E-state index in [1.54, 1.807) is 4.90 Å². The van der Waals surface area contributed by atoms with Crippen LogP contribution in [0.4, 0.5) is 5.69 Å². The molecule has 1 aliphatic heterocycles. The molecule has 2 aromatic carbocycles. The van der Waals surface area contributed by atoms with Crippen molar-refractivity contribution in [2.45, 2.75) is 12.8 Å². The van der Waals surface area contributed by atoms with Gasteiger partial charge in [-0.2, -0.15) is 0 Å². The van der Waals surface area contributed by atoms with Crippen LogP contribution in [0.1, 0.15) is 12.8 Å². The molecule has 0 aromatic heterocycles. The van der Waals surface area contributed by atoms with Crippen LogP contribution in [-0.4, -0.2) is 50.4 Å². The molecule has 1 saturated heterocycles. The number of hydrogen-bond acceptors (Lipinski definition) is 4. The molecule has 3 rings (SSSR count). The minimum absolute atomic E-state index is 0.0578. The molecule has 2 aromatic rings. The summed E-state index contributed by atoms with van der Waals surface area (Å²) < 4.78 is 5.97. The SMILES string of the molecule is CN(C)CCCNC(=O)C1CC(=O)N(c2ccccc2Oc2ccccc2)C1. The van der Waals surface area contributed by atoms with Crippen molar-refractivity contribution in [2.75, 3.05) is 38.6 Å². The number of rotatable bonds is 8. The first-order valence-electron chi connectivity index (χ1n) is 9.59. The quantitative estimate of drug-likeness (QED) is 0.715. The minimum Gasteiger partial charge on any atom is -0.455 e. The average molecular weight is 381 g/mol. The Morgan fingerprint density at radius 3 is 2.61 bits per heavy atom. The molecule has 6 heteroatoms. The number of benzene rings is 2. The van der Waals surface area contributed by atoms with Crippen LogP contribution in [0.3, 0.4) is 0 Å². The van der Waals surface area contributed by atoms with E-state index in [0.29, 0.717) is 30.3 Å². The molecule has 1 aliphatic rings. The highest BCUT2D eigenvalue weighted by Crippen LogP contribution is 2.35. The van der Waals surface area contributed by atoms with E-state index in [1.165, 1.54) is 0 Å². The maximum Gasteiger partial charge on any atom is 0.227 e. The lowest BCUT2D eigenvalue weighted by Crippen LogP contribution is -2.34. The van der Waals surface area contributed by atoms with Gasteiger partial charge >= 0.3 is 0 Å². The van der Waals surface area contributed by atoms with E-state index in [1.807, 2.05) is 68.7 Å². The molecule has 1 fully saturated rings. The number of carbonyl (C=O) groups is 2. The molecule has 0 saturated carbocycles. The highest BCUT2D eigenvalue weighted by molar-refractivity contribution is 6.01. The summed E-state index contributed by atoms with van der Waals surface area (Å²) in [4.78, 5) is 28.8. The number of amides is 2. The third kappa shape index (κ3) is 5.10. The van der Waals surface area contributed by atoms with Crippen molar-refractivity contribution in [3.63, 3.8) is 0 Å². The Morgan fingerprint density at radius 2 is 1.86 bits per heavy atom. The van der Waals surface area contributed by atoms with Gasteiger partial charge in [0, 0.05) is 19.5 Å². The first kappa shape index (κ1) is 19.9. The van der Waals surface area contributed by atoms with Crippen LogP contribution >= 0.6 is 0 Å². The Bertz CT molecular complexity index is 808. The Morgan fingerprint density at radius 1 is 1.14 bits per heavy atom. The second-order valence-electron chi connectivity index (χ2n) is 7.24. The number of para-hydroxylation sites is 3. The summed E-state index contributed by atoms with van der Waals surface area (Å²) in [5.74, 6) is 0.858. The number of nitrogens with one attached hydrogen (secondary N) is 1. The van der Waals surface area contributed by atoms with Gasteiger partial charge in [-0.1, -0.05) is 30.3 Å². The van der Waals surface area contributed by atoms with Gasteiger partial charge in [0.15, 0.2) is 5.75 Å². The molecule has 0 radical (unpaired) electrons. The molecule has 0 spiro atoms. The monoisotopic (exact) mass is 381 g/mol. The number of anilines is 1. The standard InChI is InChI=1S/C22H27N3O3/c1-24(2)14-8-13-23-22(27)17-15-21(26)25(16-17)19-11-6-7-12-20(19)28-18-9-4-3-5-10-18/h3-7,9-12,17H,8,13-16H2,1-2H3,(H,23,27). The number of carbonyl (C=O) groups excluding carboxylic acids is 2. The van der Waals surface area contributed by atoms with Crippen LogP contribution in [0.15, 0.2) is 54.6 Å². The van der Waals surface area contributed by atoms with Crippen molar-refractivity contribution in [1.29, 1.82) is 0 Å². The van der Waals surface area contributed by atoms with Gasteiger partial charge in [-0.3, -0.25) is 9.59 Å². The maximum atomic E-state index is 12.6. The van der Waals surface area contributed by atoms with E-state index >= 15 is 0 Å². The van der Waals surface area contributed by atoms with Crippen LogP contribution in [0, 0.1) is 5.92 Å². The smallest absolute Gasteiger partial charge is 0.227 e. The Hall–Kier alpha value is -2.86. The van der Waals surface area contributed by atoms with Gasteiger partial charge in [-0.15, -0.1) is 0 Å². The normalized spacial score (nSPS) is 16.5. The molecule has 1 N–H and O–H groups in total. The topological polar surface area (TPSA) is 61.9 Å². The molecule has 1 unspecified atom stereocenters. The second-order valence-corrected chi connectivity index (χ2v) is 7.24. The van der Waals surface area contributed by atoms with Gasteiger partial charge in [0.1, 0.15) is 5.75 Å². The zero-order valence-electron chi connectivity index (χ0n) is 16.4. The van der Waals surface area contributed by atoms with Crippen molar-refractivity contribution in [3.05, 3.63) is 54.6 Å². The van der Waals surface area contributed by atoms with Crippen LogP contribution in [0.2, 0.25) is 0 Å². The number of nitrogens with zero attached hydrogens (tertiary/aromatic N) is 2. The molecule has 0 bridgehead atoms. The molecular formula is C22H27N3O3. The minimum atomic E-state index is -0.336. The van der Waals surface area contributed by atoms with Crippen LogP contribution in [-0.2, 0) is 9.59 Å². The van der Waals surface area contributed by atoms with Crippen LogP contribution in [0.5, 0.6) is 11.5 Å². The summed E-state index contributed by atoms with van der Waals surface area (Å²) in [7, 11) is 4.01. The Labute approximate surface area is 166 Å². The zero-order valence-corrected chi connectivity index (χ0v) is 16.4. The average Bonchev–Trinajstić information content (AvgIpc) is 3.08. The highest BCUT2D eigenvalue weighted by atomic mass is 16.5. The maximum absolute atomic E-state index is 12.6. The van der Waals surface area contributed by atoms with Crippen molar-refractivity contribution in [2.24, 2.45) is 5.92 Å². The van der Waals surface area contributed by atoms with E-state index in [-0.39, 0.29) is 24.2 Å². The molecule has 6 nitrogen and oxygen atoms in total. The van der Waals surface area contributed by atoms with Crippen LogP contribution in [0.25, 0.3) is 0 Å². The highest BCUT2D eigenvalue weighted by Gasteiger charge is 2.36. The van der Waals surface area contributed by atoms with Crippen LogP contribution < -0.4 is 15.0 Å². The predicted octanol–water partition coefficient (Wildman–Crippen LogP) is 2.90. The van der Waals surface area contributed by atoms with Gasteiger partial charge in [0.2, 0.25) is 11.8 Å². The largest absolute Gasteiger partial charge is 0.455 e. The number of hydrogen-bond donors (Lipinski definition) is 1. The van der Waals surface area contributed by atoms with Gasteiger partial charge in [-0.25, -0.2) is 0 Å². The zero-order chi connectivity index (χ0) is 19.9. The number of ether oxygens (including phenoxy) is 1. The molecule has 148 valence electrons. The Balaban J connectivity index is 1.65. The van der Waals surface area contributed by atoms with Gasteiger partial charge < -0.3 is 19.9 Å². The van der Waals surface area contributed by atoms with E-state index in [9.17, 15) is 9.59 Å². The van der Waals surface area contributed by atoms with E-state index in [0.717, 1.165) is 13.0 Å². The lowest BCUT2D eigenvalue weighted by molar-refractivity contribution is -0.126. The van der Waals surface area contributed by atoms with Crippen molar-refractivity contribution in [3.8, 4) is 11.5 Å². The van der Waals surface area contributed by atoms with E-state index in [2.05, 4.69) is 10.2 Å². The Kier molecular flexibility index (Phi) is 6.66. The summed E-state index contributed by atoms with van der Waals surface area (Å²) in [6, 6.07) is 16.9. The molecule has 0 aliphatic carbocycles. The first-order chi connectivity index (χ1) is 13.5. The molecule has 1 atom stereocenters. The molecule has 28 heavy (non-hydrogen) atoms. The summed E-state index contributed by atoms with van der Waals surface area (Å²) in [5.41, 5.74) is 0.694. The molecule has 2 amide bonds. The first-order valence-corrected chi connectivity index (χ1v) is 9.59. The van der Waals surface area contributed by atoms with Crippen molar-refractivity contribution >= 4 is 17.5 Å².